The average molecular weight is 470 g/mol. The lowest BCUT2D eigenvalue weighted by atomic mass is 9.85. The van der Waals surface area contributed by atoms with E-state index in [1.165, 1.54) is 5.56 Å². The predicted molar refractivity (Wildman–Crippen MR) is 139 cm³/mol. The van der Waals surface area contributed by atoms with Gasteiger partial charge in [0.05, 0.1) is 24.3 Å². The summed E-state index contributed by atoms with van der Waals surface area (Å²) < 4.78 is 17.9. The summed E-state index contributed by atoms with van der Waals surface area (Å²) in [7, 11) is 0. The van der Waals surface area contributed by atoms with Gasteiger partial charge in [-0.1, -0.05) is 30.3 Å². The summed E-state index contributed by atoms with van der Waals surface area (Å²) in [6, 6.07) is 16.5. The number of carbonyl (C=O) groups excluding carboxylic acids is 1. The first-order chi connectivity index (χ1) is 16.8. The normalized spacial score (nSPS) is 14.1. The van der Waals surface area contributed by atoms with Gasteiger partial charge in [0.2, 0.25) is 0 Å². The summed E-state index contributed by atoms with van der Waals surface area (Å²) >= 11 is 0. The minimum atomic E-state index is -0.878. The molecule has 3 aromatic carbocycles. The largest absolute Gasteiger partial charge is 0.493 e. The van der Waals surface area contributed by atoms with Crippen molar-refractivity contribution in [3.05, 3.63) is 71.4 Å². The van der Waals surface area contributed by atoms with Crippen LogP contribution in [0.15, 0.2) is 54.7 Å². The van der Waals surface area contributed by atoms with Gasteiger partial charge in [0.1, 0.15) is 5.75 Å². The number of ether oxygens (including phenoxy) is 3. The number of aryl methyl sites for hydroxylation is 1. The van der Waals surface area contributed by atoms with Crippen LogP contribution in [0.2, 0.25) is 0 Å². The summed E-state index contributed by atoms with van der Waals surface area (Å²) in [5.41, 5.74) is 5.23. The molecule has 1 aliphatic heterocycles. The van der Waals surface area contributed by atoms with Crippen molar-refractivity contribution in [3.63, 3.8) is 0 Å². The van der Waals surface area contributed by atoms with Gasteiger partial charge in [0, 0.05) is 29.1 Å². The maximum Gasteiger partial charge on any atom is 0.339 e. The number of rotatable bonds is 5. The zero-order valence-corrected chi connectivity index (χ0v) is 21.0. The Morgan fingerprint density at radius 2 is 1.94 bits per heavy atom. The number of pyridine rings is 1. The van der Waals surface area contributed by atoms with E-state index in [2.05, 4.69) is 30.3 Å². The van der Waals surface area contributed by atoms with Gasteiger partial charge in [0.25, 0.3) is 0 Å². The molecule has 0 fully saturated rings. The van der Waals surface area contributed by atoms with Crippen molar-refractivity contribution in [2.24, 2.45) is 0 Å². The molecular weight excluding hydrogens is 438 g/mol. The topological polar surface area (TPSA) is 57.7 Å². The fourth-order valence-corrected chi connectivity index (χ4v) is 5.03. The van der Waals surface area contributed by atoms with Crippen LogP contribution in [0.1, 0.15) is 50.5 Å². The molecule has 0 saturated carbocycles. The van der Waals surface area contributed by atoms with Crippen LogP contribution in [0.3, 0.4) is 0 Å². The molecule has 0 spiro atoms. The van der Waals surface area contributed by atoms with Crippen LogP contribution in [-0.2, 0) is 20.7 Å². The second-order valence-corrected chi connectivity index (χ2v) is 9.97. The first-order valence-corrected chi connectivity index (χ1v) is 12.2. The highest BCUT2D eigenvalue weighted by molar-refractivity contribution is 6.08. The molecule has 1 atom stereocenters. The third-order valence-corrected chi connectivity index (χ3v) is 6.37. The van der Waals surface area contributed by atoms with E-state index in [0.29, 0.717) is 6.61 Å². The van der Waals surface area contributed by atoms with Crippen molar-refractivity contribution >= 4 is 27.6 Å². The number of benzene rings is 3. The van der Waals surface area contributed by atoms with Crippen molar-refractivity contribution in [1.82, 2.24) is 4.98 Å². The fraction of sp³-hybridized carbons (Fsp3) is 0.333. The van der Waals surface area contributed by atoms with Crippen LogP contribution in [0.5, 0.6) is 5.75 Å². The number of esters is 1. The highest BCUT2D eigenvalue weighted by Crippen LogP contribution is 2.45. The summed E-state index contributed by atoms with van der Waals surface area (Å²) in [4.78, 5) is 18.2. The van der Waals surface area contributed by atoms with Crippen molar-refractivity contribution in [2.75, 3.05) is 13.2 Å². The van der Waals surface area contributed by atoms with Crippen molar-refractivity contribution in [1.29, 1.82) is 0 Å². The molecule has 0 aliphatic carbocycles. The number of carbonyl (C=O) groups is 1. The van der Waals surface area contributed by atoms with E-state index >= 15 is 0 Å². The molecule has 5 rings (SSSR count). The standard InChI is InChI=1S/C30H31NO4/c1-6-33-29(32)28(35-30(3,4)5)24-18(2)17-20-9-7-8-10-21(20)26(24)22-11-12-23-25-19(14-16-34-23)13-15-31-27(22)25/h7-13,15,17,28H,6,14,16H2,1-5H3. The fourth-order valence-electron chi connectivity index (χ4n) is 5.03. The summed E-state index contributed by atoms with van der Waals surface area (Å²) in [5.74, 6) is 0.463. The lowest BCUT2D eigenvalue weighted by Crippen LogP contribution is -2.29. The predicted octanol–water partition coefficient (Wildman–Crippen LogP) is 6.72. The van der Waals surface area contributed by atoms with Gasteiger partial charge >= 0.3 is 5.97 Å². The Balaban J connectivity index is 1.88. The number of aromatic nitrogens is 1. The van der Waals surface area contributed by atoms with Gasteiger partial charge in [-0.15, -0.1) is 0 Å². The Kier molecular flexibility index (Phi) is 5.97. The average Bonchev–Trinajstić information content (AvgIpc) is 2.82. The van der Waals surface area contributed by atoms with Crippen LogP contribution < -0.4 is 4.74 Å². The van der Waals surface area contributed by atoms with Gasteiger partial charge in [-0.3, -0.25) is 4.98 Å². The van der Waals surface area contributed by atoms with Crippen molar-refractivity contribution in [3.8, 4) is 16.9 Å². The van der Waals surface area contributed by atoms with Gasteiger partial charge in [-0.05, 0) is 80.3 Å². The smallest absolute Gasteiger partial charge is 0.339 e. The molecule has 180 valence electrons. The molecule has 0 N–H and O–H groups in total. The van der Waals surface area contributed by atoms with Crippen LogP contribution in [0.4, 0.5) is 0 Å². The van der Waals surface area contributed by atoms with Gasteiger partial charge in [-0.2, -0.15) is 0 Å². The first kappa shape index (κ1) is 23.3. The molecule has 4 aromatic rings. The SMILES string of the molecule is CCOC(=O)C(OC(C)(C)C)c1c(C)cc2ccccc2c1-c1ccc2c3c(ccnc13)CCO2. The first-order valence-electron chi connectivity index (χ1n) is 12.2. The molecular formula is C30H31NO4. The van der Waals surface area contributed by atoms with Crippen molar-refractivity contribution < 1.29 is 19.0 Å². The molecule has 5 heteroatoms. The second kappa shape index (κ2) is 8.97. The van der Waals surface area contributed by atoms with Crippen LogP contribution in [-0.4, -0.2) is 29.8 Å². The van der Waals surface area contributed by atoms with Gasteiger partial charge in [-0.25, -0.2) is 4.79 Å². The van der Waals surface area contributed by atoms with Crippen molar-refractivity contribution in [2.45, 2.75) is 52.7 Å². The van der Waals surface area contributed by atoms with E-state index in [0.717, 1.165) is 56.1 Å². The molecule has 35 heavy (non-hydrogen) atoms. The summed E-state index contributed by atoms with van der Waals surface area (Å²) in [6.07, 6.45) is 1.83. The number of hydrogen-bond donors (Lipinski definition) is 0. The molecule has 1 aromatic heterocycles. The Hall–Kier alpha value is -3.44. The van der Waals surface area contributed by atoms with Gasteiger partial charge < -0.3 is 14.2 Å². The third kappa shape index (κ3) is 4.25. The Morgan fingerprint density at radius 1 is 1.14 bits per heavy atom. The third-order valence-electron chi connectivity index (χ3n) is 6.37. The number of hydrogen-bond acceptors (Lipinski definition) is 5. The van der Waals surface area contributed by atoms with Gasteiger partial charge in [0.15, 0.2) is 6.10 Å². The maximum absolute atomic E-state index is 13.3. The van der Waals surface area contributed by atoms with E-state index in [1.54, 1.807) is 0 Å². The monoisotopic (exact) mass is 469 g/mol. The highest BCUT2D eigenvalue weighted by Gasteiger charge is 2.33. The lowest BCUT2D eigenvalue weighted by molar-refractivity contribution is -0.166. The molecule has 1 aliphatic rings. The number of nitrogens with zero attached hydrogens (tertiary/aromatic N) is 1. The van der Waals surface area contributed by atoms with Crippen LogP contribution in [0, 0.1) is 6.92 Å². The molecule has 0 radical (unpaired) electrons. The van der Waals surface area contributed by atoms with E-state index in [4.69, 9.17) is 19.2 Å². The Morgan fingerprint density at radius 3 is 2.71 bits per heavy atom. The molecule has 0 amide bonds. The van der Waals surface area contributed by atoms with E-state index in [1.807, 2.05) is 59.0 Å². The molecule has 1 unspecified atom stereocenters. The minimum absolute atomic E-state index is 0.282. The Bertz CT molecular complexity index is 1420. The van der Waals surface area contributed by atoms with E-state index < -0.39 is 11.7 Å². The molecule has 0 bridgehead atoms. The quantitative estimate of drug-likeness (QED) is 0.304. The summed E-state index contributed by atoms with van der Waals surface area (Å²) in [6.45, 7) is 10.7. The number of fused-ring (bicyclic) bond motifs is 1. The zero-order chi connectivity index (χ0) is 24.7. The van der Waals surface area contributed by atoms with Crippen LogP contribution >= 0.6 is 0 Å². The molecule has 0 saturated heterocycles. The van der Waals surface area contributed by atoms with E-state index in [-0.39, 0.29) is 12.6 Å². The molecule has 5 nitrogen and oxygen atoms in total. The van der Waals surface area contributed by atoms with Crippen LogP contribution in [0.25, 0.3) is 32.8 Å². The Labute approximate surface area is 206 Å². The minimum Gasteiger partial charge on any atom is -0.493 e. The highest BCUT2D eigenvalue weighted by atomic mass is 16.6. The molecule has 2 heterocycles. The summed E-state index contributed by atoms with van der Waals surface area (Å²) in [5, 5.41) is 3.18. The zero-order valence-electron chi connectivity index (χ0n) is 21.0. The lowest BCUT2D eigenvalue weighted by Gasteiger charge is -2.30. The van der Waals surface area contributed by atoms with E-state index in [9.17, 15) is 4.79 Å². The maximum atomic E-state index is 13.3. The second-order valence-electron chi connectivity index (χ2n) is 9.97.